The molecule has 1 rings (SSSR count). The van der Waals surface area contributed by atoms with Crippen LogP contribution in [0.25, 0.3) is 0 Å². The topological polar surface area (TPSA) is 68.7 Å². The number of amides is 1. The standard InChI is InChI=1S/C15H22N2O4/c1-3-21-14(18)7-11-17(10-4-12-20-2)15(19)13-5-8-16-9-6-13/h5-6,8-9H,3-4,7,10-12H2,1-2H3. The highest BCUT2D eigenvalue weighted by Crippen LogP contribution is 2.06. The molecular weight excluding hydrogens is 272 g/mol. The van der Waals surface area contributed by atoms with Crippen LogP contribution in [0.3, 0.4) is 0 Å². The quantitative estimate of drug-likeness (QED) is 0.510. The zero-order chi connectivity index (χ0) is 15.5. The van der Waals surface area contributed by atoms with Gasteiger partial charge in [-0.25, -0.2) is 0 Å². The first-order valence-electron chi connectivity index (χ1n) is 7.03. The minimum Gasteiger partial charge on any atom is -0.466 e. The molecule has 0 saturated heterocycles. The molecule has 1 aromatic heterocycles. The fourth-order valence-electron chi connectivity index (χ4n) is 1.85. The van der Waals surface area contributed by atoms with E-state index in [1.54, 1.807) is 43.5 Å². The highest BCUT2D eigenvalue weighted by Gasteiger charge is 2.16. The van der Waals surface area contributed by atoms with Crippen LogP contribution < -0.4 is 0 Å². The Labute approximate surface area is 125 Å². The first kappa shape index (κ1) is 17.1. The van der Waals surface area contributed by atoms with Gasteiger partial charge < -0.3 is 14.4 Å². The monoisotopic (exact) mass is 294 g/mol. The highest BCUT2D eigenvalue weighted by atomic mass is 16.5. The van der Waals surface area contributed by atoms with Crippen molar-refractivity contribution in [3.63, 3.8) is 0 Å². The van der Waals surface area contributed by atoms with Crippen LogP contribution in [0.2, 0.25) is 0 Å². The number of hydrogen-bond acceptors (Lipinski definition) is 5. The van der Waals surface area contributed by atoms with E-state index in [0.29, 0.717) is 31.9 Å². The molecule has 0 atom stereocenters. The molecule has 0 aliphatic heterocycles. The number of methoxy groups -OCH3 is 1. The van der Waals surface area contributed by atoms with Crippen LogP contribution >= 0.6 is 0 Å². The van der Waals surface area contributed by atoms with E-state index in [1.165, 1.54) is 0 Å². The van der Waals surface area contributed by atoms with E-state index >= 15 is 0 Å². The van der Waals surface area contributed by atoms with Crippen molar-refractivity contribution < 1.29 is 19.1 Å². The molecule has 1 heterocycles. The summed E-state index contributed by atoms with van der Waals surface area (Å²) in [7, 11) is 1.62. The van der Waals surface area contributed by atoms with Crippen molar-refractivity contribution in [2.75, 3.05) is 33.4 Å². The number of pyridine rings is 1. The zero-order valence-corrected chi connectivity index (χ0v) is 12.6. The van der Waals surface area contributed by atoms with Crippen LogP contribution in [0.1, 0.15) is 30.1 Å². The van der Waals surface area contributed by atoms with Gasteiger partial charge in [0.1, 0.15) is 0 Å². The minimum absolute atomic E-state index is 0.113. The molecule has 0 aliphatic rings. The predicted octanol–water partition coefficient (Wildman–Crippen LogP) is 1.51. The molecule has 0 radical (unpaired) electrons. The van der Waals surface area contributed by atoms with E-state index in [0.717, 1.165) is 6.42 Å². The summed E-state index contributed by atoms with van der Waals surface area (Å²) in [5.41, 5.74) is 0.561. The summed E-state index contributed by atoms with van der Waals surface area (Å²) in [6.45, 7) is 3.55. The van der Waals surface area contributed by atoms with Gasteiger partial charge in [-0.05, 0) is 25.5 Å². The smallest absolute Gasteiger partial charge is 0.307 e. The zero-order valence-electron chi connectivity index (χ0n) is 12.6. The Balaban J connectivity index is 2.62. The largest absolute Gasteiger partial charge is 0.466 e. The molecule has 6 nitrogen and oxygen atoms in total. The van der Waals surface area contributed by atoms with Crippen molar-refractivity contribution in [2.45, 2.75) is 19.8 Å². The van der Waals surface area contributed by atoms with E-state index in [4.69, 9.17) is 9.47 Å². The molecule has 0 spiro atoms. The van der Waals surface area contributed by atoms with Crippen molar-refractivity contribution in [2.24, 2.45) is 0 Å². The van der Waals surface area contributed by atoms with E-state index in [-0.39, 0.29) is 18.3 Å². The third-order valence-corrected chi connectivity index (χ3v) is 2.88. The van der Waals surface area contributed by atoms with Gasteiger partial charge in [0.2, 0.25) is 0 Å². The summed E-state index contributed by atoms with van der Waals surface area (Å²) < 4.78 is 9.89. The minimum atomic E-state index is -0.295. The van der Waals surface area contributed by atoms with Gasteiger partial charge in [0, 0.05) is 44.8 Å². The molecular formula is C15H22N2O4. The number of aromatic nitrogens is 1. The molecule has 6 heteroatoms. The molecule has 0 N–H and O–H groups in total. The van der Waals surface area contributed by atoms with Crippen LogP contribution in [-0.2, 0) is 14.3 Å². The number of ether oxygens (including phenoxy) is 2. The van der Waals surface area contributed by atoms with Crippen molar-refractivity contribution in [1.82, 2.24) is 9.88 Å². The van der Waals surface area contributed by atoms with Crippen molar-refractivity contribution >= 4 is 11.9 Å². The van der Waals surface area contributed by atoms with Gasteiger partial charge in [-0.1, -0.05) is 0 Å². The van der Waals surface area contributed by atoms with Crippen LogP contribution in [0.15, 0.2) is 24.5 Å². The molecule has 0 saturated carbocycles. The van der Waals surface area contributed by atoms with Crippen molar-refractivity contribution in [3.8, 4) is 0 Å². The Morgan fingerprint density at radius 1 is 1.24 bits per heavy atom. The van der Waals surface area contributed by atoms with Gasteiger partial charge in [0.05, 0.1) is 13.0 Å². The molecule has 116 valence electrons. The number of carbonyl (C=O) groups is 2. The molecule has 21 heavy (non-hydrogen) atoms. The Morgan fingerprint density at radius 2 is 1.95 bits per heavy atom. The molecule has 0 bridgehead atoms. The van der Waals surface area contributed by atoms with E-state index < -0.39 is 0 Å². The van der Waals surface area contributed by atoms with Gasteiger partial charge in [0.25, 0.3) is 5.91 Å². The van der Waals surface area contributed by atoms with Gasteiger partial charge >= 0.3 is 5.97 Å². The SMILES string of the molecule is CCOC(=O)CCN(CCCOC)C(=O)c1ccncc1. The van der Waals surface area contributed by atoms with Gasteiger partial charge in [-0.2, -0.15) is 0 Å². The normalized spacial score (nSPS) is 10.2. The lowest BCUT2D eigenvalue weighted by molar-refractivity contribution is -0.143. The third kappa shape index (κ3) is 6.35. The lowest BCUT2D eigenvalue weighted by atomic mass is 10.2. The lowest BCUT2D eigenvalue weighted by Gasteiger charge is -2.22. The molecule has 0 aliphatic carbocycles. The average Bonchev–Trinajstić information content (AvgIpc) is 2.51. The first-order chi connectivity index (χ1) is 10.2. The Kier molecular flexibility index (Phi) is 8.04. The summed E-state index contributed by atoms with van der Waals surface area (Å²) >= 11 is 0. The molecule has 1 aromatic rings. The summed E-state index contributed by atoms with van der Waals surface area (Å²) in [6.07, 6.45) is 4.06. The summed E-state index contributed by atoms with van der Waals surface area (Å²) in [6, 6.07) is 3.33. The highest BCUT2D eigenvalue weighted by molar-refractivity contribution is 5.94. The summed E-state index contributed by atoms with van der Waals surface area (Å²) in [5, 5.41) is 0. The predicted molar refractivity (Wildman–Crippen MR) is 77.9 cm³/mol. The van der Waals surface area contributed by atoms with Gasteiger partial charge in [-0.3, -0.25) is 14.6 Å². The second-order valence-electron chi connectivity index (χ2n) is 4.43. The third-order valence-electron chi connectivity index (χ3n) is 2.88. The summed E-state index contributed by atoms with van der Waals surface area (Å²) in [5.74, 6) is -0.408. The average molecular weight is 294 g/mol. The van der Waals surface area contributed by atoms with Crippen LogP contribution in [0, 0.1) is 0 Å². The number of hydrogen-bond donors (Lipinski definition) is 0. The maximum atomic E-state index is 12.4. The molecule has 0 unspecified atom stereocenters. The summed E-state index contributed by atoms with van der Waals surface area (Å²) in [4.78, 5) is 29.4. The van der Waals surface area contributed by atoms with Gasteiger partial charge in [0.15, 0.2) is 0 Å². The fourth-order valence-corrected chi connectivity index (χ4v) is 1.85. The second kappa shape index (κ2) is 9.88. The number of nitrogens with zero attached hydrogens (tertiary/aromatic N) is 2. The van der Waals surface area contributed by atoms with Crippen LogP contribution in [0.4, 0.5) is 0 Å². The molecule has 0 aromatic carbocycles. The second-order valence-corrected chi connectivity index (χ2v) is 4.43. The molecule has 1 amide bonds. The first-order valence-corrected chi connectivity index (χ1v) is 7.03. The van der Waals surface area contributed by atoms with Crippen molar-refractivity contribution in [1.29, 1.82) is 0 Å². The molecule has 0 fully saturated rings. The fraction of sp³-hybridized carbons (Fsp3) is 0.533. The van der Waals surface area contributed by atoms with Crippen molar-refractivity contribution in [3.05, 3.63) is 30.1 Å². The van der Waals surface area contributed by atoms with E-state index in [1.807, 2.05) is 0 Å². The van der Waals surface area contributed by atoms with Crippen LogP contribution in [-0.4, -0.2) is 55.2 Å². The number of esters is 1. The maximum Gasteiger partial charge on any atom is 0.307 e. The lowest BCUT2D eigenvalue weighted by Crippen LogP contribution is -2.34. The van der Waals surface area contributed by atoms with Gasteiger partial charge in [-0.15, -0.1) is 0 Å². The van der Waals surface area contributed by atoms with Crippen LogP contribution in [0.5, 0.6) is 0 Å². The Hall–Kier alpha value is -1.95. The van der Waals surface area contributed by atoms with E-state index in [9.17, 15) is 9.59 Å². The number of carbonyl (C=O) groups excluding carboxylic acids is 2. The maximum absolute atomic E-state index is 12.4. The number of rotatable bonds is 9. The Morgan fingerprint density at radius 3 is 2.57 bits per heavy atom. The Bertz CT molecular complexity index is 437. The van der Waals surface area contributed by atoms with E-state index in [2.05, 4.69) is 4.98 Å².